The molecular weight excluding hydrogens is 300 g/mol. The molecule has 120 valence electrons. The van der Waals surface area contributed by atoms with Crippen LogP contribution in [-0.2, 0) is 6.61 Å². The van der Waals surface area contributed by atoms with E-state index < -0.39 is 0 Å². The van der Waals surface area contributed by atoms with Gasteiger partial charge < -0.3 is 5.11 Å². The molecule has 0 aliphatic rings. The summed E-state index contributed by atoms with van der Waals surface area (Å²) in [6.45, 7) is 1.76. The Bertz CT molecular complexity index is 916. The number of nitrogens with zero attached hydrogens (tertiary/aromatic N) is 1. The molecule has 4 heteroatoms. The summed E-state index contributed by atoms with van der Waals surface area (Å²) in [6, 6.07) is 21.0. The summed E-state index contributed by atoms with van der Waals surface area (Å²) < 4.78 is 0. The van der Waals surface area contributed by atoms with Gasteiger partial charge in [-0.3, -0.25) is 4.79 Å². The SMILES string of the molecule is CC(=NNC(=O)c1cccc(CO)c1)c1ccc2ccccc2c1. The highest BCUT2D eigenvalue weighted by Gasteiger charge is 2.06. The predicted molar refractivity (Wildman–Crippen MR) is 96.0 cm³/mol. The number of benzene rings is 3. The van der Waals surface area contributed by atoms with Crippen molar-refractivity contribution in [2.45, 2.75) is 13.5 Å². The van der Waals surface area contributed by atoms with Crippen LogP contribution in [0.2, 0.25) is 0 Å². The van der Waals surface area contributed by atoms with Crippen LogP contribution in [0.5, 0.6) is 0 Å². The summed E-state index contributed by atoms with van der Waals surface area (Å²) in [6.07, 6.45) is 0. The number of hydrogen-bond donors (Lipinski definition) is 2. The molecule has 0 spiro atoms. The second-order valence-corrected chi connectivity index (χ2v) is 5.56. The summed E-state index contributed by atoms with van der Waals surface area (Å²) in [5.41, 5.74) is 5.41. The third kappa shape index (κ3) is 3.50. The lowest BCUT2D eigenvalue weighted by Gasteiger charge is -2.05. The van der Waals surface area contributed by atoms with Gasteiger partial charge in [-0.05, 0) is 47.0 Å². The zero-order chi connectivity index (χ0) is 16.9. The Kier molecular flexibility index (Phi) is 4.68. The van der Waals surface area contributed by atoms with Gasteiger partial charge in [-0.15, -0.1) is 0 Å². The van der Waals surface area contributed by atoms with E-state index in [0.717, 1.165) is 16.7 Å². The predicted octanol–water partition coefficient (Wildman–Crippen LogP) is 3.49. The van der Waals surface area contributed by atoms with Gasteiger partial charge in [-0.25, -0.2) is 5.43 Å². The van der Waals surface area contributed by atoms with Gasteiger partial charge in [0.25, 0.3) is 5.91 Å². The van der Waals surface area contributed by atoms with Crippen molar-refractivity contribution in [3.05, 3.63) is 83.4 Å². The van der Waals surface area contributed by atoms with Gasteiger partial charge in [0.2, 0.25) is 0 Å². The number of carbonyl (C=O) groups is 1. The van der Waals surface area contributed by atoms with Crippen molar-refractivity contribution >= 4 is 22.4 Å². The van der Waals surface area contributed by atoms with Crippen LogP contribution in [0.1, 0.15) is 28.4 Å². The lowest BCUT2D eigenvalue weighted by molar-refractivity contribution is 0.0954. The molecule has 0 saturated heterocycles. The molecule has 0 atom stereocenters. The highest BCUT2D eigenvalue weighted by Crippen LogP contribution is 2.16. The lowest BCUT2D eigenvalue weighted by atomic mass is 10.0. The van der Waals surface area contributed by atoms with Crippen LogP contribution < -0.4 is 5.43 Å². The van der Waals surface area contributed by atoms with Crippen molar-refractivity contribution in [1.29, 1.82) is 0 Å². The smallest absolute Gasteiger partial charge is 0.271 e. The highest BCUT2D eigenvalue weighted by molar-refractivity contribution is 6.03. The molecule has 0 bridgehead atoms. The first-order valence-electron chi connectivity index (χ1n) is 7.71. The fraction of sp³-hybridized carbons (Fsp3) is 0.100. The van der Waals surface area contributed by atoms with Gasteiger partial charge in [0.1, 0.15) is 0 Å². The van der Waals surface area contributed by atoms with Gasteiger partial charge in [0.05, 0.1) is 12.3 Å². The van der Waals surface area contributed by atoms with Crippen LogP contribution in [-0.4, -0.2) is 16.7 Å². The number of carbonyl (C=O) groups excluding carboxylic acids is 1. The molecule has 0 saturated carbocycles. The number of hydrogen-bond acceptors (Lipinski definition) is 3. The van der Waals surface area contributed by atoms with E-state index in [2.05, 4.69) is 16.6 Å². The van der Waals surface area contributed by atoms with Crippen molar-refractivity contribution in [1.82, 2.24) is 5.43 Å². The molecule has 0 aliphatic heterocycles. The molecular formula is C20H18N2O2. The van der Waals surface area contributed by atoms with Gasteiger partial charge in [0, 0.05) is 5.56 Å². The molecule has 3 aromatic rings. The summed E-state index contributed by atoms with van der Waals surface area (Å²) in [7, 11) is 0. The van der Waals surface area contributed by atoms with Crippen LogP contribution in [0.15, 0.2) is 71.8 Å². The zero-order valence-electron chi connectivity index (χ0n) is 13.4. The van der Waals surface area contributed by atoms with Crippen molar-refractivity contribution in [2.75, 3.05) is 0 Å². The van der Waals surface area contributed by atoms with E-state index >= 15 is 0 Å². The molecule has 1 amide bonds. The minimum atomic E-state index is -0.301. The molecule has 3 rings (SSSR count). The third-order valence-corrected chi connectivity index (χ3v) is 3.86. The van der Waals surface area contributed by atoms with Gasteiger partial charge in [-0.2, -0.15) is 5.10 Å². The summed E-state index contributed by atoms with van der Waals surface area (Å²) >= 11 is 0. The van der Waals surface area contributed by atoms with Crippen molar-refractivity contribution in [3.8, 4) is 0 Å². The first kappa shape index (κ1) is 15.9. The number of amides is 1. The Morgan fingerprint density at radius 3 is 2.54 bits per heavy atom. The maximum absolute atomic E-state index is 12.2. The minimum absolute atomic E-state index is 0.0967. The molecule has 0 unspecified atom stereocenters. The second-order valence-electron chi connectivity index (χ2n) is 5.56. The van der Waals surface area contributed by atoms with Gasteiger partial charge >= 0.3 is 0 Å². The number of rotatable bonds is 4. The first-order chi connectivity index (χ1) is 11.7. The minimum Gasteiger partial charge on any atom is -0.392 e. The molecule has 24 heavy (non-hydrogen) atoms. The van der Waals surface area contributed by atoms with E-state index in [4.69, 9.17) is 5.11 Å². The van der Waals surface area contributed by atoms with Crippen LogP contribution >= 0.6 is 0 Å². The summed E-state index contributed by atoms with van der Waals surface area (Å²) in [5, 5.41) is 15.6. The molecule has 0 fully saturated rings. The van der Waals surface area contributed by atoms with E-state index in [-0.39, 0.29) is 12.5 Å². The molecule has 2 N–H and O–H groups in total. The molecule has 0 radical (unpaired) electrons. The molecule has 0 aromatic heterocycles. The Morgan fingerprint density at radius 1 is 0.958 bits per heavy atom. The van der Waals surface area contributed by atoms with E-state index in [9.17, 15) is 4.79 Å². The zero-order valence-corrected chi connectivity index (χ0v) is 13.4. The highest BCUT2D eigenvalue weighted by atomic mass is 16.3. The van der Waals surface area contributed by atoms with Crippen molar-refractivity contribution < 1.29 is 9.90 Å². The lowest BCUT2D eigenvalue weighted by Crippen LogP contribution is -2.19. The molecule has 3 aromatic carbocycles. The fourth-order valence-electron chi connectivity index (χ4n) is 2.49. The van der Waals surface area contributed by atoms with Crippen molar-refractivity contribution in [2.24, 2.45) is 5.10 Å². The van der Waals surface area contributed by atoms with E-state index in [1.807, 2.05) is 43.3 Å². The number of fused-ring (bicyclic) bond motifs is 1. The largest absolute Gasteiger partial charge is 0.392 e. The number of hydrazone groups is 1. The Balaban J connectivity index is 1.78. The van der Waals surface area contributed by atoms with Crippen LogP contribution in [0.4, 0.5) is 0 Å². The average Bonchev–Trinajstić information content (AvgIpc) is 2.65. The maximum atomic E-state index is 12.2. The van der Waals surface area contributed by atoms with E-state index in [0.29, 0.717) is 11.1 Å². The van der Waals surface area contributed by atoms with Crippen LogP contribution in [0, 0.1) is 0 Å². The van der Waals surface area contributed by atoms with Crippen LogP contribution in [0.3, 0.4) is 0 Å². The van der Waals surface area contributed by atoms with Gasteiger partial charge in [0.15, 0.2) is 0 Å². The first-order valence-corrected chi connectivity index (χ1v) is 7.71. The average molecular weight is 318 g/mol. The normalized spacial score (nSPS) is 11.5. The fourth-order valence-corrected chi connectivity index (χ4v) is 2.49. The molecule has 4 nitrogen and oxygen atoms in total. The van der Waals surface area contributed by atoms with Gasteiger partial charge in [-0.1, -0.05) is 48.5 Å². The number of nitrogens with one attached hydrogen (secondary N) is 1. The number of aliphatic hydroxyl groups is 1. The Hall–Kier alpha value is -2.98. The van der Waals surface area contributed by atoms with Crippen molar-refractivity contribution in [3.63, 3.8) is 0 Å². The maximum Gasteiger partial charge on any atom is 0.271 e. The monoisotopic (exact) mass is 318 g/mol. The van der Waals surface area contributed by atoms with Crippen LogP contribution in [0.25, 0.3) is 10.8 Å². The summed E-state index contributed by atoms with van der Waals surface area (Å²) in [5.74, 6) is -0.301. The number of aliphatic hydroxyl groups excluding tert-OH is 1. The van der Waals surface area contributed by atoms with E-state index in [1.54, 1.807) is 24.3 Å². The molecule has 0 aliphatic carbocycles. The Morgan fingerprint density at radius 2 is 1.75 bits per heavy atom. The topological polar surface area (TPSA) is 61.7 Å². The molecule has 0 heterocycles. The quantitative estimate of drug-likeness (QED) is 0.571. The summed E-state index contributed by atoms with van der Waals surface area (Å²) in [4.78, 5) is 12.2. The van der Waals surface area contributed by atoms with E-state index in [1.165, 1.54) is 5.39 Å². The Labute approximate surface area is 140 Å². The third-order valence-electron chi connectivity index (χ3n) is 3.86. The standard InChI is InChI=1S/C20H18N2O2/c1-14(17-10-9-16-6-2-3-7-18(16)12-17)21-22-20(24)19-8-4-5-15(11-19)13-23/h2-12,23H,13H2,1H3,(H,22,24). The second kappa shape index (κ2) is 7.06.